The summed E-state index contributed by atoms with van der Waals surface area (Å²) in [6, 6.07) is 19.4. The molecule has 29 heavy (non-hydrogen) atoms. The summed E-state index contributed by atoms with van der Waals surface area (Å²) in [5.41, 5.74) is 8.87. The number of primary amides is 1. The fourth-order valence-corrected chi connectivity index (χ4v) is 5.15. The minimum Gasteiger partial charge on any atom is -0.366 e. The van der Waals surface area contributed by atoms with Crippen molar-refractivity contribution in [3.05, 3.63) is 71.3 Å². The van der Waals surface area contributed by atoms with Gasteiger partial charge in [0, 0.05) is 37.8 Å². The molecule has 2 heterocycles. The van der Waals surface area contributed by atoms with E-state index in [1.165, 1.54) is 24.1 Å². The van der Waals surface area contributed by atoms with Crippen LogP contribution in [0.3, 0.4) is 0 Å². The monoisotopic (exact) mass is 391 g/mol. The molecule has 0 aliphatic carbocycles. The lowest BCUT2D eigenvalue weighted by Crippen LogP contribution is -2.51. The predicted octanol–water partition coefficient (Wildman–Crippen LogP) is 3.66. The molecule has 3 unspecified atom stereocenters. The second kappa shape index (κ2) is 8.29. The molecule has 2 aliphatic rings. The van der Waals surface area contributed by atoms with Crippen molar-refractivity contribution in [3.63, 3.8) is 0 Å². The van der Waals surface area contributed by atoms with Gasteiger partial charge in [-0.05, 0) is 54.0 Å². The van der Waals surface area contributed by atoms with E-state index in [0.29, 0.717) is 17.5 Å². The number of hydrogen-bond donors (Lipinski definition) is 1. The lowest BCUT2D eigenvalue weighted by Gasteiger charge is -2.47. The number of amides is 1. The molecule has 4 nitrogen and oxygen atoms in total. The molecule has 4 heteroatoms. The van der Waals surface area contributed by atoms with E-state index >= 15 is 0 Å². The number of benzene rings is 2. The third-order valence-electron chi connectivity index (χ3n) is 7.33. The molecule has 2 aromatic carbocycles. The van der Waals surface area contributed by atoms with Gasteiger partial charge in [0.05, 0.1) is 0 Å². The third kappa shape index (κ3) is 4.24. The highest BCUT2D eigenvalue weighted by atomic mass is 16.1. The first-order valence-electron chi connectivity index (χ1n) is 10.9. The maximum absolute atomic E-state index is 11.6. The Kier molecular flexibility index (Phi) is 5.75. The molecule has 0 spiro atoms. The van der Waals surface area contributed by atoms with E-state index in [1.807, 2.05) is 18.2 Å². The Balaban J connectivity index is 1.39. The van der Waals surface area contributed by atoms with Crippen LogP contribution < -0.4 is 5.73 Å². The number of nitrogens with two attached hydrogens (primary N) is 1. The average Bonchev–Trinajstić information content (AvgIpc) is 3.19. The van der Waals surface area contributed by atoms with Crippen LogP contribution >= 0.6 is 0 Å². The van der Waals surface area contributed by atoms with Crippen molar-refractivity contribution in [1.82, 2.24) is 9.80 Å². The van der Waals surface area contributed by atoms with E-state index in [-0.39, 0.29) is 11.3 Å². The van der Waals surface area contributed by atoms with Crippen molar-refractivity contribution in [2.45, 2.75) is 44.7 Å². The molecular weight excluding hydrogens is 358 g/mol. The normalized spacial score (nSPS) is 28.5. The smallest absolute Gasteiger partial charge is 0.248 e. The van der Waals surface area contributed by atoms with Crippen molar-refractivity contribution in [3.8, 4) is 0 Å². The van der Waals surface area contributed by atoms with E-state index in [4.69, 9.17) is 5.73 Å². The fraction of sp³-hybridized carbons (Fsp3) is 0.480. The minimum atomic E-state index is -0.343. The molecule has 4 rings (SSSR count). The maximum atomic E-state index is 11.6. The van der Waals surface area contributed by atoms with Crippen LogP contribution in [0.1, 0.15) is 48.2 Å². The molecule has 3 atom stereocenters. The third-order valence-corrected chi connectivity index (χ3v) is 7.33. The highest BCUT2D eigenvalue weighted by molar-refractivity contribution is 5.92. The van der Waals surface area contributed by atoms with E-state index in [9.17, 15) is 4.79 Å². The average molecular weight is 392 g/mol. The van der Waals surface area contributed by atoms with Crippen molar-refractivity contribution >= 4 is 5.91 Å². The van der Waals surface area contributed by atoms with Gasteiger partial charge in [0.15, 0.2) is 0 Å². The summed E-state index contributed by atoms with van der Waals surface area (Å²) in [6.45, 7) is 10.3. The van der Waals surface area contributed by atoms with Gasteiger partial charge >= 0.3 is 0 Å². The van der Waals surface area contributed by atoms with Gasteiger partial charge in [0.1, 0.15) is 0 Å². The molecule has 154 valence electrons. The summed E-state index contributed by atoms with van der Waals surface area (Å²) in [7, 11) is 0. The van der Waals surface area contributed by atoms with Crippen LogP contribution in [0.5, 0.6) is 0 Å². The number of hydrogen-bond acceptors (Lipinski definition) is 3. The first-order valence-corrected chi connectivity index (χ1v) is 10.9. The quantitative estimate of drug-likeness (QED) is 0.846. The lowest BCUT2D eigenvalue weighted by atomic mass is 9.67. The zero-order valence-electron chi connectivity index (χ0n) is 17.7. The standard InChI is InChI=1S/C25H33N3O/c1-19-16-28(23-11-13-27(18-23)17-20-7-4-3-5-8-20)14-12-25(19,2)22-10-6-9-21(15-22)24(26)29/h3-10,15,19,23H,11-14,16-18H2,1-2H3,(H2,26,29). The van der Waals surface area contributed by atoms with Gasteiger partial charge in [0.25, 0.3) is 0 Å². The molecule has 0 radical (unpaired) electrons. The van der Waals surface area contributed by atoms with Gasteiger partial charge in [-0.1, -0.05) is 56.3 Å². The van der Waals surface area contributed by atoms with E-state index < -0.39 is 0 Å². The van der Waals surface area contributed by atoms with E-state index in [0.717, 1.165) is 32.6 Å². The van der Waals surface area contributed by atoms with Gasteiger partial charge in [-0.15, -0.1) is 0 Å². The van der Waals surface area contributed by atoms with Gasteiger partial charge in [-0.3, -0.25) is 14.6 Å². The van der Waals surface area contributed by atoms with Crippen molar-refractivity contribution in [2.75, 3.05) is 26.2 Å². The Bertz CT molecular complexity index is 852. The Labute approximate surface area is 174 Å². The first kappa shape index (κ1) is 20.1. The number of likely N-dealkylation sites (tertiary alicyclic amines) is 2. The summed E-state index contributed by atoms with van der Waals surface area (Å²) < 4.78 is 0. The molecule has 2 fully saturated rings. The number of carbonyl (C=O) groups is 1. The van der Waals surface area contributed by atoms with Crippen LogP contribution in [0.15, 0.2) is 54.6 Å². The van der Waals surface area contributed by atoms with Gasteiger partial charge in [-0.2, -0.15) is 0 Å². The van der Waals surface area contributed by atoms with Crippen LogP contribution in [0.25, 0.3) is 0 Å². The highest BCUT2D eigenvalue weighted by Gasteiger charge is 2.41. The summed E-state index contributed by atoms with van der Waals surface area (Å²) in [6.07, 6.45) is 2.37. The number of piperidine rings is 1. The lowest BCUT2D eigenvalue weighted by molar-refractivity contribution is 0.0765. The van der Waals surface area contributed by atoms with E-state index in [1.54, 1.807) is 0 Å². The summed E-state index contributed by atoms with van der Waals surface area (Å²) in [5, 5.41) is 0. The Morgan fingerprint density at radius 3 is 2.62 bits per heavy atom. The number of carbonyl (C=O) groups excluding carboxylic acids is 1. The van der Waals surface area contributed by atoms with Crippen LogP contribution in [0.4, 0.5) is 0 Å². The van der Waals surface area contributed by atoms with Gasteiger partial charge in [0.2, 0.25) is 5.91 Å². The second-order valence-corrected chi connectivity index (χ2v) is 9.17. The zero-order chi connectivity index (χ0) is 20.4. The van der Waals surface area contributed by atoms with Gasteiger partial charge in [-0.25, -0.2) is 0 Å². The van der Waals surface area contributed by atoms with Crippen LogP contribution in [0, 0.1) is 5.92 Å². The molecular formula is C25H33N3O. The molecule has 1 amide bonds. The SMILES string of the molecule is CC1CN(C2CCN(Cc3ccccc3)C2)CCC1(C)c1cccc(C(N)=O)c1. The predicted molar refractivity (Wildman–Crippen MR) is 118 cm³/mol. The zero-order valence-corrected chi connectivity index (χ0v) is 17.7. The minimum absolute atomic E-state index is 0.0876. The number of rotatable bonds is 5. The summed E-state index contributed by atoms with van der Waals surface area (Å²) >= 11 is 0. The first-order chi connectivity index (χ1) is 14.0. The second-order valence-electron chi connectivity index (χ2n) is 9.17. The molecule has 2 aromatic rings. The highest BCUT2D eigenvalue weighted by Crippen LogP contribution is 2.40. The van der Waals surface area contributed by atoms with Crippen LogP contribution in [0.2, 0.25) is 0 Å². The summed E-state index contributed by atoms with van der Waals surface area (Å²) in [4.78, 5) is 16.9. The Morgan fingerprint density at radius 1 is 1.10 bits per heavy atom. The Hall–Kier alpha value is -2.17. The van der Waals surface area contributed by atoms with Crippen molar-refractivity contribution in [2.24, 2.45) is 11.7 Å². The molecule has 0 saturated carbocycles. The van der Waals surface area contributed by atoms with Crippen LogP contribution in [-0.2, 0) is 12.0 Å². The molecule has 2 aliphatic heterocycles. The van der Waals surface area contributed by atoms with Gasteiger partial charge < -0.3 is 5.73 Å². The molecule has 2 saturated heterocycles. The number of nitrogens with zero attached hydrogens (tertiary/aromatic N) is 2. The largest absolute Gasteiger partial charge is 0.366 e. The molecule has 0 bridgehead atoms. The molecule has 0 aromatic heterocycles. The van der Waals surface area contributed by atoms with Crippen molar-refractivity contribution < 1.29 is 4.79 Å². The van der Waals surface area contributed by atoms with E-state index in [2.05, 4.69) is 60.0 Å². The van der Waals surface area contributed by atoms with Crippen LogP contribution in [-0.4, -0.2) is 47.9 Å². The van der Waals surface area contributed by atoms with Crippen molar-refractivity contribution in [1.29, 1.82) is 0 Å². The topological polar surface area (TPSA) is 49.6 Å². The summed E-state index contributed by atoms with van der Waals surface area (Å²) in [5.74, 6) is 0.188. The maximum Gasteiger partial charge on any atom is 0.248 e. The fourth-order valence-electron chi connectivity index (χ4n) is 5.15. The molecule has 2 N–H and O–H groups in total. The Morgan fingerprint density at radius 2 is 1.90 bits per heavy atom.